The minimum Gasteiger partial charge on any atom is -0.396 e. The maximum absolute atomic E-state index is 11.3. The zero-order valence-corrected chi connectivity index (χ0v) is 10.9. The fraction of sp³-hybridized carbons (Fsp3) is 1.00. The molecular weight excluding hydrogens is 226 g/mol. The molecule has 1 saturated heterocycles. The van der Waals surface area contributed by atoms with Crippen LogP contribution in [-0.2, 0) is 9.84 Å². The molecule has 0 unspecified atom stereocenters. The Morgan fingerprint density at radius 3 is 2.44 bits per heavy atom. The number of likely N-dealkylation sites (tertiary alicyclic amines) is 1. The molecule has 0 radical (unpaired) electrons. The van der Waals surface area contributed by atoms with E-state index < -0.39 is 9.84 Å². The van der Waals surface area contributed by atoms with Crippen molar-refractivity contribution in [3.8, 4) is 0 Å². The lowest BCUT2D eigenvalue weighted by atomic mass is 9.98. The van der Waals surface area contributed by atoms with E-state index in [-0.39, 0.29) is 12.4 Å². The van der Waals surface area contributed by atoms with Gasteiger partial charge in [-0.15, -0.1) is 0 Å². The fourth-order valence-electron chi connectivity index (χ4n) is 2.05. The zero-order valence-electron chi connectivity index (χ0n) is 10.1. The van der Waals surface area contributed by atoms with Crippen LogP contribution >= 0.6 is 0 Å². The third-order valence-corrected chi connectivity index (χ3v) is 5.13. The highest BCUT2D eigenvalue weighted by Gasteiger charge is 2.18. The Morgan fingerprint density at radius 2 is 1.94 bits per heavy atom. The number of hydrogen-bond donors (Lipinski definition) is 1. The average molecular weight is 249 g/mol. The summed E-state index contributed by atoms with van der Waals surface area (Å²) in [5.41, 5.74) is 0. The van der Waals surface area contributed by atoms with E-state index in [0.29, 0.717) is 11.7 Å². The van der Waals surface area contributed by atoms with Crippen molar-refractivity contribution in [3.63, 3.8) is 0 Å². The molecule has 1 N–H and O–H groups in total. The predicted octanol–water partition coefficient (Wildman–Crippen LogP) is 0.515. The van der Waals surface area contributed by atoms with Crippen LogP contribution in [0.1, 0.15) is 26.2 Å². The third kappa shape index (κ3) is 4.80. The summed E-state index contributed by atoms with van der Waals surface area (Å²) in [6.07, 6.45) is 2.81. The van der Waals surface area contributed by atoms with E-state index >= 15 is 0 Å². The third-order valence-electron chi connectivity index (χ3n) is 3.33. The van der Waals surface area contributed by atoms with E-state index in [1.165, 1.54) is 0 Å². The predicted molar refractivity (Wildman–Crippen MR) is 65.2 cm³/mol. The van der Waals surface area contributed by atoms with Gasteiger partial charge in [-0.05, 0) is 44.8 Å². The standard InChI is InChI=1S/C11H23NO3S/c1-2-16(14,15)9-3-6-12-7-4-11(10-13)5-8-12/h11,13H,2-10H2,1H3. The van der Waals surface area contributed by atoms with Crippen LogP contribution in [0.5, 0.6) is 0 Å². The second-order valence-corrected chi connectivity index (χ2v) is 7.03. The van der Waals surface area contributed by atoms with E-state index in [2.05, 4.69) is 4.90 Å². The zero-order chi connectivity index (χ0) is 12.0. The van der Waals surface area contributed by atoms with Gasteiger partial charge in [-0.3, -0.25) is 0 Å². The topological polar surface area (TPSA) is 57.6 Å². The van der Waals surface area contributed by atoms with Gasteiger partial charge in [0.1, 0.15) is 9.84 Å². The highest BCUT2D eigenvalue weighted by Crippen LogP contribution is 2.16. The molecule has 1 heterocycles. The lowest BCUT2D eigenvalue weighted by Gasteiger charge is -2.30. The van der Waals surface area contributed by atoms with Gasteiger partial charge in [0.05, 0.1) is 5.75 Å². The summed E-state index contributed by atoms with van der Waals surface area (Å²) in [5.74, 6) is 1.01. The van der Waals surface area contributed by atoms with Crippen LogP contribution in [0.3, 0.4) is 0 Å². The molecule has 4 nitrogen and oxygen atoms in total. The average Bonchev–Trinajstić information content (AvgIpc) is 2.30. The first-order valence-corrected chi connectivity index (χ1v) is 7.93. The maximum Gasteiger partial charge on any atom is 0.150 e. The molecular formula is C11H23NO3S. The highest BCUT2D eigenvalue weighted by molar-refractivity contribution is 7.91. The number of hydrogen-bond acceptors (Lipinski definition) is 4. The van der Waals surface area contributed by atoms with Crippen LogP contribution in [0.25, 0.3) is 0 Å². The van der Waals surface area contributed by atoms with Crippen molar-refractivity contribution in [1.82, 2.24) is 4.90 Å². The number of aliphatic hydroxyl groups excluding tert-OH is 1. The number of rotatable bonds is 6. The summed E-state index contributed by atoms with van der Waals surface area (Å²) >= 11 is 0. The molecule has 96 valence electrons. The minimum atomic E-state index is -2.80. The van der Waals surface area contributed by atoms with Gasteiger partial charge in [-0.2, -0.15) is 0 Å². The number of sulfone groups is 1. The minimum absolute atomic E-state index is 0.250. The van der Waals surface area contributed by atoms with E-state index in [9.17, 15) is 8.42 Å². The van der Waals surface area contributed by atoms with Gasteiger partial charge in [0.2, 0.25) is 0 Å². The fourth-order valence-corrected chi connectivity index (χ4v) is 2.90. The van der Waals surface area contributed by atoms with E-state index in [4.69, 9.17) is 5.11 Å². The second-order valence-electron chi connectivity index (χ2n) is 4.56. The molecule has 0 atom stereocenters. The van der Waals surface area contributed by atoms with Gasteiger partial charge in [0, 0.05) is 12.4 Å². The lowest BCUT2D eigenvalue weighted by Crippen LogP contribution is -2.36. The normalized spacial score (nSPS) is 20.1. The quantitative estimate of drug-likeness (QED) is 0.745. The highest BCUT2D eigenvalue weighted by atomic mass is 32.2. The largest absolute Gasteiger partial charge is 0.396 e. The van der Waals surface area contributed by atoms with E-state index in [1.807, 2.05) is 0 Å². The van der Waals surface area contributed by atoms with Gasteiger partial charge < -0.3 is 10.0 Å². The van der Waals surface area contributed by atoms with Crippen molar-refractivity contribution in [2.24, 2.45) is 5.92 Å². The van der Waals surface area contributed by atoms with Crippen LogP contribution in [0.15, 0.2) is 0 Å². The SMILES string of the molecule is CCS(=O)(=O)CCCN1CCC(CO)CC1. The van der Waals surface area contributed by atoms with Crippen LogP contribution in [0, 0.1) is 5.92 Å². The summed E-state index contributed by atoms with van der Waals surface area (Å²) in [5, 5.41) is 8.99. The van der Waals surface area contributed by atoms with Gasteiger partial charge in [-0.25, -0.2) is 8.42 Å². The summed E-state index contributed by atoms with van der Waals surface area (Å²) in [7, 11) is -2.80. The van der Waals surface area contributed by atoms with E-state index in [1.54, 1.807) is 6.92 Å². The summed E-state index contributed by atoms with van der Waals surface area (Å²) in [6.45, 7) is 4.85. The Morgan fingerprint density at radius 1 is 1.31 bits per heavy atom. The molecule has 0 aromatic carbocycles. The molecule has 0 aromatic rings. The van der Waals surface area contributed by atoms with Crippen molar-refractivity contribution in [3.05, 3.63) is 0 Å². The molecule has 0 aliphatic carbocycles. The van der Waals surface area contributed by atoms with Crippen molar-refractivity contribution < 1.29 is 13.5 Å². The smallest absolute Gasteiger partial charge is 0.150 e. The Balaban J connectivity index is 2.16. The van der Waals surface area contributed by atoms with Gasteiger partial charge in [0.25, 0.3) is 0 Å². The first-order valence-electron chi connectivity index (χ1n) is 6.11. The summed E-state index contributed by atoms with van der Waals surface area (Å²) in [4.78, 5) is 2.30. The molecule has 1 aliphatic rings. The van der Waals surface area contributed by atoms with Crippen LogP contribution in [0.4, 0.5) is 0 Å². The Hall–Kier alpha value is -0.130. The summed E-state index contributed by atoms with van der Waals surface area (Å²) in [6, 6.07) is 0. The monoisotopic (exact) mass is 249 g/mol. The molecule has 1 aliphatic heterocycles. The molecule has 0 spiro atoms. The van der Waals surface area contributed by atoms with Crippen molar-refractivity contribution in [2.75, 3.05) is 37.7 Å². The summed E-state index contributed by atoms with van der Waals surface area (Å²) < 4.78 is 22.6. The van der Waals surface area contributed by atoms with Crippen LogP contribution in [0.2, 0.25) is 0 Å². The van der Waals surface area contributed by atoms with Crippen LogP contribution in [-0.4, -0.2) is 56.2 Å². The lowest BCUT2D eigenvalue weighted by molar-refractivity contribution is 0.132. The molecule has 0 aromatic heterocycles. The van der Waals surface area contributed by atoms with Gasteiger partial charge in [0.15, 0.2) is 0 Å². The molecule has 1 fully saturated rings. The number of piperidine rings is 1. The van der Waals surface area contributed by atoms with Crippen molar-refractivity contribution >= 4 is 9.84 Å². The van der Waals surface area contributed by atoms with Gasteiger partial charge in [-0.1, -0.05) is 6.92 Å². The van der Waals surface area contributed by atoms with Crippen molar-refractivity contribution in [1.29, 1.82) is 0 Å². The van der Waals surface area contributed by atoms with Crippen molar-refractivity contribution in [2.45, 2.75) is 26.2 Å². The van der Waals surface area contributed by atoms with Gasteiger partial charge >= 0.3 is 0 Å². The Kier molecular flexibility index (Phi) is 5.72. The number of nitrogens with zero attached hydrogens (tertiary/aromatic N) is 1. The van der Waals surface area contributed by atoms with E-state index in [0.717, 1.165) is 38.9 Å². The molecule has 0 bridgehead atoms. The van der Waals surface area contributed by atoms with Crippen LogP contribution < -0.4 is 0 Å². The number of aliphatic hydroxyl groups is 1. The molecule has 0 saturated carbocycles. The second kappa shape index (κ2) is 6.57. The molecule has 16 heavy (non-hydrogen) atoms. The molecule has 0 amide bonds. The first kappa shape index (κ1) is 13.9. The maximum atomic E-state index is 11.3. The molecule has 1 rings (SSSR count). The first-order chi connectivity index (χ1) is 7.57. The Labute approximate surface area is 98.6 Å². The molecule has 5 heteroatoms. The Bertz CT molecular complexity index is 282.